The molecule has 0 bridgehead atoms. The second kappa shape index (κ2) is 8.26. The van der Waals surface area contributed by atoms with E-state index in [1.54, 1.807) is 25.1 Å². The molecule has 172 valence electrons. The molecule has 10 heteroatoms. The van der Waals surface area contributed by atoms with Crippen LogP contribution in [0.4, 0.5) is 19.1 Å². The lowest BCUT2D eigenvalue weighted by Crippen LogP contribution is -2.38. The molecule has 0 aromatic carbocycles. The molecule has 7 nitrogen and oxygen atoms in total. The van der Waals surface area contributed by atoms with E-state index in [1.165, 1.54) is 0 Å². The molecular weight excluding hydrogens is 433 g/mol. The number of nitrogens with zero attached hydrogens (tertiary/aromatic N) is 4. The molecule has 0 spiro atoms. The van der Waals surface area contributed by atoms with Gasteiger partial charge in [-0.15, -0.1) is 0 Å². The number of hydrogen-bond acceptors (Lipinski definition) is 7. The van der Waals surface area contributed by atoms with E-state index in [0.717, 1.165) is 37.7 Å². The number of pyridine rings is 1. The van der Waals surface area contributed by atoms with Gasteiger partial charge in [0, 0.05) is 36.3 Å². The highest BCUT2D eigenvalue weighted by Gasteiger charge is 2.37. The fourth-order valence-corrected chi connectivity index (χ4v) is 4.44. The first-order valence-electron chi connectivity index (χ1n) is 10.9. The highest BCUT2D eigenvalue weighted by atomic mass is 19.4. The SMILES string of the molecule is Cc1noc(C)c1-c1ccc2c(n1)CC=C2c1nc(N[C@H]2CCCNC2)ncc1C(F)(F)F. The molecule has 0 amide bonds. The van der Waals surface area contributed by atoms with Crippen LogP contribution in [-0.4, -0.2) is 39.2 Å². The number of fused-ring (bicyclic) bond motifs is 1. The predicted octanol–water partition coefficient (Wildman–Crippen LogP) is 4.31. The first-order valence-corrected chi connectivity index (χ1v) is 10.9. The van der Waals surface area contributed by atoms with Crippen molar-refractivity contribution in [2.75, 3.05) is 18.4 Å². The zero-order valence-corrected chi connectivity index (χ0v) is 18.3. The van der Waals surface area contributed by atoms with Gasteiger partial charge < -0.3 is 15.2 Å². The van der Waals surface area contributed by atoms with Crippen LogP contribution >= 0.6 is 0 Å². The first kappa shape index (κ1) is 21.6. The maximum Gasteiger partial charge on any atom is 0.419 e. The lowest BCUT2D eigenvalue weighted by atomic mass is 10.0. The number of aryl methyl sites for hydroxylation is 2. The summed E-state index contributed by atoms with van der Waals surface area (Å²) in [5.41, 5.74) is 2.97. The Bertz CT molecular complexity index is 1210. The molecule has 2 aliphatic rings. The molecule has 33 heavy (non-hydrogen) atoms. The Morgan fingerprint density at radius 1 is 1.18 bits per heavy atom. The van der Waals surface area contributed by atoms with Gasteiger partial charge >= 0.3 is 6.18 Å². The third-order valence-corrected chi connectivity index (χ3v) is 6.03. The van der Waals surface area contributed by atoms with Gasteiger partial charge in [-0.25, -0.2) is 9.97 Å². The highest BCUT2D eigenvalue weighted by molar-refractivity contribution is 5.85. The second-order valence-corrected chi connectivity index (χ2v) is 8.35. The molecule has 1 aliphatic heterocycles. The van der Waals surface area contributed by atoms with Gasteiger partial charge in [-0.1, -0.05) is 17.3 Å². The fraction of sp³-hybridized carbons (Fsp3) is 0.391. The van der Waals surface area contributed by atoms with E-state index < -0.39 is 11.7 Å². The Labute approximate surface area is 188 Å². The molecule has 3 aromatic rings. The maximum absolute atomic E-state index is 13.8. The Morgan fingerprint density at radius 3 is 2.73 bits per heavy atom. The summed E-state index contributed by atoms with van der Waals surface area (Å²) in [5.74, 6) is 0.843. The van der Waals surface area contributed by atoms with Crippen molar-refractivity contribution in [1.82, 2.24) is 25.4 Å². The number of alkyl halides is 3. The topological polar surface area (TPSA) is 88.8 Å². The number of nitrogens with one attached hydrogen (secondary N) is 2. The normalized spacial score (nSPS) is 18.2. The summed E-state index contributed by atoms with van der Waals surface area (Å²) in [7, 11) is 0. The summed E-state index contributed by atoms with van der Waals surface area (Å²) in [6.45, 7) is 5.29. The molecular formula is C23H23F3N6O. The summed E-state index contributed by atoms with van der Waals surface area (Å²) in [5, 5.41) is 10.4. The van der Waals surface area contributed by atoms with Gasteiger partial charge in [0.15, 0.2) is 0 Å². The summed E-state index contributed by atoms with van der Waals surface area (Å²) < 4.78 is 46.7. The molecule has 0 radical (unpaired) electrons. The van der Waals surface area contributed by atoms with Gasteiger partial charge in [0.2, 0.25) is 5.95 Å². The van der Waals surface area contributed by atoms with Crippen molar-refractivity contribution in [3.63, 3.8) is 0 Å². The monoisotopic (exact) mass is 456 g/mol. The van der Waals surface area contributed by atoms with E-state index >= 15 is 0 Å². The number of aromatic nitrogens is 4. The Kier molecular flexibility index (Phi) is 5.40. The number of anilines is 1. The van der Waals surface area contributed by atoms with Gasteiger partial charge in [0.25, 0.3) is 0 Å². The van der Waals surface area contributed by atoms with Gasteiger partial charge in [-0.2, -0.15) is 13.2 Å². The van der Waals surface area contributed by atoms with E-state index in [0.29, 0.717) is 40.4 Å². The average molecular weight is 456 g/mol. The smallest absolute Gasteiger partial charge is 0.361 e. The minimum absolute atomic E-state index is 0.0763. The zero-order chi connectivity index (χ0) is 23.2. The maximum atomic E-state index is 13.8. The van der Waals surface area contributed by atoms with Crippen LogP contribution in [0.2, 0.25) is 0 Å². The van der Waals surface area contributed by atoms with Crippen LogP contribution in [0.25, 0.3) is 16.8 Å². The summed E-state index contributed by atoms with van der Waals surface area (Å²) in [6, 6.07) is 3.65. The molecule has 1 fully saturated rings. The summed E-state index contributed by atoms with van der Waals surface area (Å²) in [6.07, 6.45) is 0.353. The first-order chi connectivity index (χ1) is 15.8. The van der Waals surface area contributed by atoms with Crippen LogP contribution in [0.15, 0.2) is 28.9 Å². The number of hydrogen-bond donors (Lipinski definition) is 2. The van der Waals surface area contributed by atoms with Gasteiger partial charge in [-0.05, 0) is 39.3 Å². The third kappa shape index (κ3) is 4.10. The van der Waals surface area contributed by atoms with Crippen molar-refractivity contribution >= 4 is 11.5 Å². The van der Waals surface area contributed by atoms with Crippen molar-refractivity contribution in [3.8, 4) is 11.3 Å². The summed E-state index contributed by atoms with van der Waals surface area (Å²) >= 11 is 0. The molecule has 1 aliphatic carbocycles. The van der Waals surface area contributed by atoms with Crippen LogP contribution in [0.3, 0.4) is 0 Å². The Balaban J connectivity index is 1.52. The van der Waals surface area contributed by atoms with Gasteiger partial charge in [0.05, 0.1) is 28.3 Å². The van der Waals surface area contributed by atoms with E-state index in [-0.39, 0.29) is 17.7 Å². The lowest BCUT2D eigenvalue weighted by Gasteiger charge is -2.24. The lowest BCUT2D eigenvalue weighted by molar-refractivity contribution is -0.138. The minimum atomic E-state index is -4.58. The van der Waals surface area contributed by atoms with Crippen molar-refractivity contribution in [2.24, 2.45) is 0 Å². The molecule has 3 aromatic heterocycles. The van der Waals surface area contributed by atoms with Crippen LogP contribution in [-0.2, 0) is 12.6 Å². The van der Waals surface area contributed by atoms with Crippen molar-refractivity contribution in [3.05, 3.63) is 58.4 Å². The molecule has 1 saturated heterocycles. The number of halogens is 3. The van der Waals surface area contributed by atoms with Gasteiger partial charge in [-0.3, -0.25) is 4.98 Å². The number of allylic oxidation sites excluding steroid dienone is 1. The third-order valence-electron chi connectivity index (χ3n) is 6.03. The molecule has 5 rings (SSSR count). The number of rotatable bonds is 4. The van der Waals surface area contributed by atoms with E-state index in [4.69, 9.17) is 9.51 Å². The standard InChI is InChI=1S/C23H23F3N6O/c1-12-20(13(2)33-32-12)19-8-5-15-16(6-7-18(15)30-19)21-17(23(24,25)26)11-28-22(31-21)29-14-4-3-9-27-10-14/h5-6,8,11,14,27H,3-4,7,9-10H2,1-2H3,(H,28,29,31)/t14-/m0/s1. The average Bonchev–Trinajstić information content (AvgIpc) is 3.35. The molecule has 4 heterocycles. The molecule has 1 atom stereocenters. The van der Waals surface area contributed by atoms with Gasteiger partial charge in [0.1, 0.15) is 11.3 Å². The number of piperidine rings is 1. The molecule has 0 unspecified atom stereocenters. The zero-order valence-electron chi connectivity index (χ0n) is 18.3. The van der Waals surface area contributed by atoms with Crippen LogP contribution in [0.5, 0.6) is 0 Å². The Hall–Kier alpha value is -3.27. The Morgan fingerprint density at radius 2 is 2.03 bits per heavy atom. The molecule has 0 saturated carbocycles. The van der Waals surface area contributed by atoms with Crippen LogP contribution in [0, 0.1) is 13.8 Å². The van der Waals surface area contributed by atoms with Crippen molar-refractivity contribution < 1.29 is 17.7 Å². The second-order valence-electron chi connectivity index (χ2n) is 8.35. The van der Waals surface area contributed by atoms with E-state index in [1.807, 2.05) is 6.92 Å². The highest BCUT2D eigenvalue weighted by Crippen LogP contribution is 2.40. The fourth-order valence-electron chi connectivity index (χ4n) is 4.44. The largest absolute Gasteiger partial charge is 0.419 e. The van der Waals surface area contributed by atoms with Crippen LogP contribution in [0.1, 0.15) is 46.8 Å². The van der Waals surface area contributed by atoms with Crippen LogP contribution < -0.4 is 10.6 Å². The predicted molar refractivity (Wildman–Crippen MR) is 117 cm³/mol. The summed E-state index contributed by atoms with van der Waals surface area (Å²) in [4.78, 5) is 13.0. The minimum Gasteiger partial charge on any atom is -0.361 e. The van der Waals surface area contributed by atoms with E-state index in [2.05, 4.69) is 25.8 Å². The van der Waals surface area contributed by atoms with Crippen molar-refractivity contribution in [2.45, 2.75) is 45.3 Å². The quantitative estimate of drug-likeness (QED) is 0.605. The van der Waals surface area contributed by atoms with E-state index in [9.17, 15) is 13.2 Å². The van der Waals surface area contributed by atoms with Crippen molar-refractivity contribution in [1.29, 1.82) is 0 Å². The molecule has 2 N–H and O–H groups in total.